The summed E-state index contributed by atoms with van der Waals surface area (Å²) in [5, 5.41) is 3.44. The van der Waals surface area contributed by atoms with Crippen LogP contribution in [-0.2, 0) is 5.41 Å². The molecule has 2 heteroatoms. The fourth-order valence-corrected chi connectivity index (χ4v) is 4.15. The first-order chi connectivity index (χ1) is 9.84. The quantitative estimate of drug-likeness (QED) is 0.771. The second-order valence-corrected chi connectivity index (χ2v) is 8.12. The van der Waals surface area contributed by atoms with Crippen LogP contribution in [0.2, 0.25) is 0 Å². The van der Waals surface area contributed by atoms with E-state index in [1.165, 1.54) is 20.9 Å². The largest absolute Gasteiger partial charge is 0.312 e. The third-order valence-electron chi connectivity index (χ3n) is 3.91. The molecule has 21 heavy (non-hydrogen) atoms. The van der Waals surface area contributed by atoms with Crippen LogP contribution in [0, 0.1) is 5.92 Å². The normalized spacial score (nSPS) is 13.7. The van der Waals surface area contributed by atoms with E-state index in [9.17, 15) is 0 Å². The summed E-state index contributed by atoms with van der Waals surface area (Å²) in [5.74, 6) is 0.597. The molecule has 0 spiro atoms. The first kappa shape index (κ1) is 16.3. The van der Waals surface area contributed by atoms with Crippen LogP contribution in [0.1, 0.15) is 51.1 Å². The molecule has 0 saturated carbocycles. The molecular weight excluding hydrogens is 274 g/mol. The predicted molar refractivity (Wildman–Crippen MR) is 95.1 cm³/mol. The Morgan fingerprint density at radius 3 is 2.24 bits per heavy atom. The van der Waals surface area contributed by atoms with Crippen molar-refractivity contribution in [1.82, 2.24) is 5.32 Å². The first-order valence-electron chi connectivity index (χ1n) is 7.71. The highest BCUT2D eigenvalue weighted by molar-refractivity contribution is 7.15. The highest BCUT2D eigenvalue weighted by atomic mass is 32.1. The molecule has 0 bridgehead atoms. The zero-order chi connectivity index (χ0) is 15.6. The number of hydrogen-bond donors (Lipinski definition) is 1. The predicted octanol–water partition coefficient (Wildman–Crippen LogP) is 5.63. The van der Waals surface area contributed by atoms with Crippen LogP contribution in [0.3, 0.4) is 0 Å². The molecule has 1 heterocycles. The summed E-state index contributed by atoms with van der Waals surface area (Å²) >= 11 is 1.91. The lowest BCUT2D eigenvalue weighted by Gasteiger charge is -2.22. The summed E-state index contributed by atoms with van der Waals surface area (Å²) in [6.45, 7) is 11.4. The molecule has 2 aromatic rings. The van der Waals surface area contributed by atoms with E-state index in [0.717, 1.165) is 0 Å². The van der Waals surface area contributed by atoms with E-state index in [1.807, 2.05) is 18.4 Å². The molecule has 2 rings (SSSR count). The zero-order valence-corrected chi connectivity index (χ0v) is 14.8. The number of benzene rings is 1. The maximum atomic E-state index is 3.44. The van der Waals surface area contributed by atoms with Gasteiger partial charge < -0.3 is 5.32 Å². The van der Waals surface area contributed by atoms with Gasteiger partial charge in [0.25, 0.3) is 0 Å². The summed E-state index contributed by atoms with van der Waals surface area (Å²) in [6.07, 6.45) is 0. The summed E-state index contributed by atoms with van der Waals surface area (Å²) in [5.41, 5.74) is 2.96. The lowest BCUT2D eigenvalue weighted by molar-refractivity contribution is 0.449. The van der Waals surface area contributed by atoms with Crippen molar-refractivity contribution in [2.45, 2.75) is 46.1 Å². The Bertz CT molecular complexity index is 590. The number of thiophene rings is 1. The minimum absolute atomic E-state index is 0.168. The van der Waals surface area contributed by atoms with Crippen LogP contribution in [0.25, 0.3) is 10.4 Å². The lowest BCUT2D eigenvalue weighted by atomic mass is 9.83. The van der Waals surface area contributed by atoms with E-state index in [2.05, 4.69) is 76.3 Å². The maximum absolute atomic E-state index is 3.44. The van der Waals surface area contributed by atoms with Crippen molar-refractivity contribution in [1.29, 1.82) is 0 Å². The van der Waals surface area contributed by atoms with Gasteiger partial charge in [-0.05, 0) is 41.6 Å². The number of hydrogen-bond acceptors (Lipinski definition) is 2. The second-order valence-electron chi connectivity index (χ2n) is 7.01. The van der Waals surface area contributed by atoms with Gasteiger partial charge in [-0.2, -0.15) is 0 Å². The zero-order valence-electron chi connectivity index (χ0n) is 14.0. The van der Waals surface area contributed by atoms with E-state index in [0.29, 0.717) is 12.0 Å². The maximum Gasteiger partial charge on any atom is 0.0435 e. The molecule has 1 atom stereocenters. The van der Waals surface area contributed by atoms with Crippen LogP contribution in [0.15, 0.2) is 36.4 Å². The van der Waals surface area contributed by atoms with Crippen LogP contribution in [0.4, 0.5) is 0 Å². The molecule has 0 aliphatic rings. The molecule has 0 saturated heterocycles. The van der Waals surface area contributed by atoms with Crippen molar-refractivity contribution in [2.24, 2.45) is 5.92 Å². The third-order valence-corrected chi connectivity index (χ3v) is 5.11. The second kappa shape index (κ2) is 6.33. The Morgan fingerprint density at radius 2 is 1.67 bits per heavy atom. The van der Waals surface area contributed by atoms with Gasteiger partial charge in [0.15, 0.2) is 0 Å². The number of nitrogens with one attached hydrogen (secondary N) is 1. The van der Waals surface area contributed by atoms with Crippen molar-refractivity contribution in [3.8, 4) is 10.4 Å². The van der Waals surface area contributed by atoms with Crippen molar-refractivity contribution in [2.75, 3.05) is 7.05 Å². The van der Waals surface area contributed by atoms with Gasteiger partial charge in [0.05, 0.1) is 0 Å². The molecular formula is C19H27NS. The van der Waals surface area contributed by atoms with Gasteiger partial charge in [-0.3, -0.25) is 0 Å². The fraction of sp³-hybridized carbons (Fsp3) is 0.474. The molecule has 0 aliphatic carbocycles. The van der Waals surface area contributed by atoms with E-state index in [-0.39, 0.29) is 5.41 Å². The fourth-order valence-electron chi connectivity index (χ4n) is 2.82. The topological polar surface area (TPSA) is 12.0 Å². The van der Waals surface area contributed by atoms with Gasteiger partial charge in [-0.1, -0.05) is 58.9 Å². The standard InChI is InChI=1S/C19H27NS/c1-13(2)18(20-6)17-12-11-16(21-17)14-9-7-8-10-15(14)19(3,4)5/h7-13,18,20H,1-6H3. The molecule has 1 nitrogen and oxygen atoms in total. The van der Waals surface area contributed by atoms with Gasteiger partial charge >= 0.3 is 0 Å². The van der Waals surface area contributed by atoms with Gasteiger partial charge in [-0.25, -0.2) is 0 Å². The minimum atomic E-state index is 0.168. The van der Waals surface area contributed by atoms with Crippen LogP contribution >= 0.6 is 11.3 Å². The van der Waals surface area contributed by atoms with Crippen molar-refractivity contribution in [3.05, 3.63) is 46.8 Å². The summed E-state index contributed by atoms with van der Waals surface area (Å²) in [6, 6.07) is 13.8. The molecule has 0 aliphatic heterocycles. The number of rotatable bonds is 4. The Labute approximate surface area is 133 Å². The Balaban J connectivity index is 2.43. The lowest BCUT2D eigenvalue weighted by Crippen LogP contribution is -2.20. The highest BCUT2D eigenvalue weighted by Gasteiger charge is 2.21. The molecule has 0 amide bonds. The van der Waals surface area contributed by atoms with Gasteiger partial charge in [0.1, 0.15) is 0 Å². The molecule has 1 unspecified atom stereocenters. The van der Waals surface area contributed by atoms with E-state index in [1.54, 1.807) is 0 Å². The van der Waals surface area contributed by atoms with Crippen LogP contribution < -0.4 is 5.32 Å². The smallest absolute Gasteiger partial charge is 0.0435 e. The average Bonchev–Trinajstić information content (AvgIpc) is 2.87. The summed E-state index contributed by atoms with van der Waals surface area (Å²) < 4.78 is 0. The van der Waals surface area contributed by atoms with Gasteiger partial charge in [0.2, 0.25) is 0 Å². The van der Waals surface area contributed by atoms with Gasteiger partial charge in [-0.15, -0.1) is 11.3 Å². The molecule has 1 aromatic heterocycles. The third kappa shape index (κ3) is 3.56. The Morgan fingerprint density at radius 1 is 1.00 bits per heavy atom. The first-order valence-corrected chi connectivity index (χ1v) is 8.53. The van der Waals surface area contributed by atoms with E-state index < -0.39 is 0 Å². The summed E-state index contributed by atoms with van der Waals surface area (Å²) in [7, 11) is 2.05. The summed E-state index contributed by atoms with van der Waals surface area (Å²) in [4.78, 5) is 2.79. The van der Waals surface area contributed by atoms with Crippen molar-refractivity contribution in [3.63, 3.8) is 0 Å². The molecule has 0 fully saturated rings. The van der Waals surface area contributed by atoms with Gasteiger partial charge in [0, 0.05) is 15.8 Å². The Kier molecular flexibility index (Phi) is 4.90. The SMILES string of the molecule is CNC(c1ccc(-c2ccccc2C(C)(C)C)s1)C(C)C. The van der Waals surface area contributed by atoms with Crippen LogP contribution in [0.5, 0.6) is 0 Å². The highest BCUT2D eigenvalue weighted by Crippen LogP contribution is 2.38. The van der Waals surface area contributed by atoms with Crippen molar-refractivity contribution < 1.29 is 0 Å². The van der Waals surface area contributed by atoms with E-state index >= 15 is 0 Å². The monoisotopic (exact) mass is 301 g/mol. The van der Waals surface area contributed by atoms with Crippen molar-refractivity contribution >= 4 is 11.3 Å². The molecule has 0 radical (unpaired) electrons. The average molecular weight is 301 g/mol. The van der Waals surface area contributed by atoms with E-state index in [4.69, 9.17) is 0 Å². The van der Waals surface area contributed by atoms with Crippen LogP contribution in [-0.4, -0.2) is 7.05 Å². The molecule has 1 aromatic carbocycles. The Hall–Kier alpha value is -1.12. The molecule has 114 valence electrons. The minimum Gasteiger partial charge on any atom is -0.312 e. The molecule has 1 N–H and O–H groups in total.